The number of nitrogens with one attached hydrogen (secondary N) is 1. The first-order chi connectivity index (χ1) is 8.70. The summed E-state index contributed by atoms with van der Waals surface area (Å²) in [6.45, 7) is 0. The summed E-state index contributed by atoms with van der Waals surface area (Å²) in [6, 6.07) is 4.60. The topological polar surface area (TPSA) is 50.4 Å². The standard InChI is InChI=1S/C13H17ClFN3/c14-9-6-7-12(15)11(8-9)13(18-16)17-10-4-2-1-3-5-10/h6-8,10H,1-5,16H2,(H,17,18). The second-order valence-corrected chi connectivity index (χ2v) is 4.97. The second-order valence-electron chi connectivity index (χ2n) is 4.54. The Balaban J connectivity index is 2.26. The Morgan fingerprint density at radius 2 is 2.06 bits per heavy atom. The lowest BCUT2D eigenvalue weighted by atomic mass is 9.96. The molecule has 3 nitrogen and oxygen atoms in total. The quantitative estimate of drug-likeness (QED) is 0.375. The molecule has 3 N–H and O–H groups in total. The highest BCUT2D eigenvalue weighted by Gasteiger charge is 2.15. The van der Waals surface area contributed by atoms with Crippen LogP contribution in [-0.4, -0.2) is 11.9 Å². The van der Waals surface area contributed by atoms with Crippen LogP contribution in [0.1, 0.15) is 37.7 Å². The number of hydrogen-bond donors (Lipinski definition) is 2. The third kappa shape index (κ3) is 3.21. The van der Waals surface area contributed by atoms with Crippen LogP contribution >= 0.6 is 11.6 Å². The summed E-state index contributed by atoms with van der Waals surface area (Å²) in [4.78, 5) is 4.51. The number of aliphatic imine (C=N–C) groups is 1. The van der Waals surface area contributed by atoms with Crippen molar-refractivity contribution < 1.29 is 4.39 Å². The Labute approximate surface area is 111 Å². The Bertz CT molecular complexity index is 442. The van der Waals surface area contributed by atoms with Crippen molar-refractivity contribution in [2.75, 3.05) is 0 Å². The zero-order valence-electron chi connectivity index (χ0n) is 10.1. The zero-order valence-corrected chi connectivity index (χ0v) is 10.9. The summed E-state index contributed by atoms with van der Waals surface area (Å²) in [5.41, 5.74) is 2.81. The molecule has 0 aliphatic heterocycles. The maximum atomic E-state index is 13.7. The Kier molecular flexibility index (Phi) is 4.55. The number of amidine groups is 1. The number of nitrogens with two attached hydrogens (primary N) is 1. The lowest BCUT2D eigenvalue weighted by molar-refractivity contribution is 0.442. The molecule has 1 aromatic carbocycles. The van der Waals surface area contributed by atoms with Gasteiger partial charge in [-0.2, -0.15) is 0 Å². The van der Waals surface area contributed by atoms with E-state index in [9.17, 15) is 4.39 Å². The lowest BCUT2D eigenvalue weighted by Gasteiger charge is -2.19. The molecule has 0 atom stereocenters. The van der Waals surface area contributed by atoms with Gasteiger partial charge in [-0.1, -0.05) is 30.9 Å². The van der Waals surface area contributed by atoms with Gasteiger partial charge in [0.15, 0.2) is 0 Å². The van der Waals surface area contributed by atoms with Crippen molar-refractivity contribution in [2.24, 2.45) is 10.8 Å². The third-order valence-electron chi connectivity index (χ3n) is 3.21. The fraction of sp³-hybridized carbons (Fsp3) is 0.462. The van der Waals surface area contributed by atoms with Crippen LogP contribution in [0.25, 0.3) is 0 Å². The van der Waals surface area contributed by atoms with Gasteiger partial charge in [0, 0.05) is 5.02 Å². The number of hydrogen-bond acceptors (Lipinski definition) is 2. The molecule has 98 valence electrons. The van der Waals surface area contributed by atoms with Crippen LogP contribution in [0.2, 0.25) is 5.02 Å². The summed E-state index contributed by atoms with van der Waals surface area (Å²) in [5, 5.41) is 0.470. The Morgan fingerprint density at radius 1 is 1.33 bits per heavy atom. The molecule has 1 fully saturated rings. The van der Waals surface area contributed by atoms with Crippen LogP contribution in [0.5, 0.6) is 0 Å². The van der Waals surface area contributed by atoms with Crippen molar-refractivity contribution >= 4 is 17.4 Å². The summed E-state index contributed by atoms with van der Waals surface area (Å²) >= 11 is 5.87. The van der Waals surface area contributed by atoms with E-state index in [1.807, 2.05) is 0 Å². The first-order valence-corrected chi connectivity index (χ1v) is 6.58. The first kappa shape index (κ1) is 13.3. The van der Waals surface area contributed by atoms with E-state index in [0.29, 0.717) is 16.4 Å². The number of halogens is 2. The van der Waals surface area contributed by atoms with Crippen LogP contribution in [0, 0.1) is 5.82 Å². The maximum Gasteiger partial charge on any atom is 0.145 e. The van der Waals surface area contributed by atoms with Crippen LogP contribution in [0.3, 0.4) is 0 Å². The van der Waals surface area contributed by atoms with Gasteiger partial charge in [-0.15, -0.1) is 0 Å². The molecular weight excluding hydrogens is 253 g/mol. The van der Waals surface area contributed by atoms with Gasteiger partial charge in [0.05, 0.1) is 11.6 Å². The third-order valence-corrected chi connectivity index (χ3v) is 3.44. The number of nitrogens with zero attached hydrogens (tertiary/aromatic N) is 1. The summed E-state index contributed by atoms with van der Waals surface area (Å²) in [6.07, 6.45) is 5.66. The molecule has 0 saturated heterocycles. The Hall–Kier alpha value is -1.13. The fourth-order valence-electron chi connectivity index (χ4n) is 2.26. The number of hydrazine groups is 1. The Morgan fingerprint density at radius 3 is 2.72 bits per heavy atom. The molecule has 1 aromatic rings. The van der Waals surface area contributed by atoms with Crippen molar-refractivity contribution in [2.45, 2.75) is 38.1 Å². The van der Waals surface area contributed by atoms with Crippen molar-refractivity contribution in [3.8, 4) is 0 Å². The van der Waals surface area contributed by atoms with E-state index in [1.54, 1.807) is 6.07 Å². The minimum Gasteiger partial charge on any atom is -0.308 e. The van der Waals surface area contributed by atoms with E-state index in [4.69, 9.17) is 17.4 Å². The van der Waals surface area contributed by atoms with E-state index >= 15 is 0 Å². The molecule has 18 heavy (non-hydrogen) atoms. The van der Waals surface area contributed by atoms with Gasteiger partial charge >= 0.3 is 0 Å². The van der Waals surface area contributed by atoms with Gasteiger partial charge in [-0.3, -0.25) is 4.99 Å². The predicted molar refractivity (Wildman–Crippen MR) is 72.1 cm³/mol. The van der Waals surface area contributed by atoms with Crippen molar-refractivity contribution in [3.05, 3.63) is 34.6 Å². The minimum atomic E-state index is -0.369. The molecule has 0 radical (unpaired) electrons. The molecule has 1 aliphatic rings. The molecule has 1 aliphatic carbocycles. The highest BCUT2D eigenvalue weighted by Crippen LogP contribution is 2.22. The molecule has 1 saturated carbocycles. The maximum absolute atomic E-state index is 13.7. The number of rotatable bonds is 2. The molecule has 0 amide bonds. The average molecular weight is 270 g/mol. The zero-order chi connectivity index (χ0) is 13.0. The SMILES string of the molecule is NNC(=NC1CCCCC1)c1cc(Cl)ccc1F. The smallest absolute Gasteiger partial charge is 0.145 e. The molecule has 0 unspecified atom stereocenters. The van der Waals surface area contributed by atoms with E-state index in [1.165, 1.54) is 31.4 Å². The molecule has 5 heteroatoms. The second kappa shape index (κ2) is 6.16. The lowest BCUT2D eigenvalue weighted by Crippen LogP contribution is -2.33. The molecule has 0 bridgehead atoms. The highest BCUT2D eigenvalue weighted by molar-refractivity contribution is 6.31. The van der Waals surface area contributed by atoms with Crippen LogP contribution in [0.4, 0.5) is 4.39 Å². The van der Waals surface area contributed by atoms with Gasteiger partial charge in [-0.25, -0.2) is 10.2 Å². The van der Waals surface area contributed by atoms with Crippen molar-refractivity contribution in [3.63, 3.8) is 0 Å². The van der Waals surface area contributed by atoms with E-state index in [0.717, 1.165) is 12.8 Å². The summed E-state index contributed by atoms with van der Waals surface area (Å²) in [5.74, 6) is 5.46. The molecule has 0 spiro atoms. The fourth-order valence-corrected chi connectivity index (χ4v) is 2.43. The van der Waals surface area contributed by atoms with Gasteiger partial charge in [0.1, 0.15) is 11.7 Å². The monoisotopic (exact) mass is 269 g/mol. The van der Waals surface area contributed by atoms with Crippen LogP contribution in [0.15, 0.2) is 23.2 Å². The normalized spacial score (nSPS) is 17.8. The number of benzene rings is 1. The molecular formula is C13H17ClFN3. The van der Waals surface area contributed by atoms with E-state index in [-0.39, 0.29) is 11.9 Å². The predicted octanol–water partition coefficient (Wildman–Crippen LogP) is 3.02. The molecule has 2 rings (SSSR count). The average Bonchev–Trinajstić information content (AvgIpc) is 2.40. The molecule has 0 aromatic heterocycles. The van der Waals surface area contributed by atoms with Crippen LogP contribution < -0.4 is 11.3 Å². The molecule has 0 heterocycles. The van der Waals surface area contributed by atoms with Gasteiger partial charge < -0.3 is 5.43 Å². The van der Waals surface area contributed by atoms with E-state index in [2.05, 4.69) is 10.4 Å². The van der Waals surface area contributed by atoms with Gasteiger partial charge in [0.2, 0.25) is 0 Å². The largest absolute Gasteiger partial charge is 0.308 e. The van der Waals surface area contributed by atoms with Crippen molar-refractivity contribution in [1.29, 1.82) is 0 Å². The minimum absolute atomic E-state index is 0.225. The van der Waals surface area contributed by atoms with Gasteiger partial charge in [-0.05, 0) is 31.0 Å². The summed E-state index contributed by atoms with van der Waals surface area (Å²) in [7, 11) is 0. The van der Waals surface area contributed by atoms with Crippen molar-refractivity contribution in [1.82, 2.24) is 5.43 Å². The van der Waals surface area contributed by atoms with Gasteiger partial charge in [0.25, 0.3) is 0 Å². The summed E-state index contributed by atoms with van der Waals surface area (Å²) < 4.78 is 13.7. The highest BCUT2D eigenvalue weighted by atomic mass is 35.5. The first-order valence-electron chi connectivity index (χ1n) is 6.20. The van der Waals surface area contributed by atoms with E-state index < -0.39 is 0 Å². The van der Waals surface area contributed by atoms with Crippen LogP contribution in [-0.2, 0) is 0 Å².